The lowest BCUT2D eigenvalue weighted by atomic mass is 10.1. The van der Waals surface area contributed by atoms with Gasteiger partial charge in [-0.15, -0.1) is 0 Å². The maximum Gasteiger partial charge on any atom is 0.209 e. The Balaban J connectivity index is 2.55. The first-order valence-electron chi connectivity index (χ1n) is 4.24. The van der Waals surface area contributed by atoms with Crippen LogP contribution in [0.2, 0.25) is 0 Å². The van der Waals surface area contributed by atoms with Crippen molar-refractivity contribution in [2.24, 2.45) is 0 Å². The van der Waals surface area contributed by atoms with Crippen molar-refractivity contribution in [2.45, 2.75) is 18.6 Å². The first-order valence-corrected chi connectivity index (χ1v) is 6.13. The Morgan fingerprint density at radius 2 is 2.23 bits per heavy atom. The van der Waals surface area contributed by atoms with Gasteiger partial charge in [0.1, 0.15) is 0 Å². The molecule has 0 bridgehead atoms. The molecule has 0 amide bonds. The SMILES string of the molecule is CO[C@H]1CNCC[C@H]1NS(C)(=O)=O. The fourth-order valence-electron chi connectivity index (χ4n) is 1.49. The number of hydrogen-bond acceptors (Lipinski definition) is 4. The molecule has 6 heteroatoms. The van der Waals surface area contributed by atoms with Crippen LogP contribution in [0.25, 0.3) is 0 Å². The highest BCUT2D eigenvalue weighted by Gasteiger charge is 2.26. The predicted octanol–water partition coefficient (Wildman–Crippen LogP) is -1.09. The first-order chi connectivity index (χ1) is 6.03. The Hall–Kier alpha value is -0.170. The lowest BCUT2D eigenvalue weighted by Gasteiger charge is -2.30. The van der Waals surface area contributed by atoms with E-state index in [0.29, 0.717) is 6.54 Å². The summed E-state index contributed by atoms with van der Waals surface area (Å²) in [5.41, 5.74) is 0. The van der Waals surface area contributed by atoms with Crippen molar-refractivity contribution in [3.8, 4) is 0 Å². The summed E-state index contributed by atoms with van der Waals surface area (Å²) < 4.78 is 29.7. The number of hydrogen-bond donors (Lipinski definition) is 2. The molecule has 0 aliphatic carbocycles. The van der Waals surface area contributed by atoms with Gasteiger partial charge in [-0.05, 0) is 13.0 Å². The van der Waals surface area contributed by atoms with Crippen molar-refractivity contribution in [2.75, 3.05) is 26.5 Å². The highest BCUT2D eigenvalue weighted by Crippen LogP contribution is 2.07. The second kappa shape index (κ2) is 4.36. The van der Waals surface area contributed by atoms with Crippen LogP contribution in [-0.4, -0.2) is 47.0 Å². The van der Waals surface area contributed by atoms with Crippen molar-refractivity contribution in [1.29, 1.82) is 0 Å². The molecule has 5 nitrogen and oxygen atoms in total. The van der Waals surface area contributed by atoms with Crippen LogP contribution >= 0.6 is 0 Å². The van der Waals surface area contributed by atoms with Crippen LogP contribution in [0.5, 0.6) is 0 Å². The van der Waals surface area contributed by atoms with Gasteiger partial charge in [-0.1, -0.05) is 0 Å². The van der Waals surface area contributed by atoms with Gasteiger partial charge >= 0.3 is 0 Å². The monoisotopic (exact) mass is 208 g/mol. The molecule has 2 N–H and O–H groups in total. The maximum atomic E-state index is 11.0. The van der Waals surface area contributed by atoms with Crippen molar-refractivity contribution in [3.05, 3.63) is 0 Å². The van der Waals surface area contributed by atoms with Crippen LogP contribution in [0, 0.1) is 0 Å². The van der Waals surface area contributed by atoms with E-state index in [4.69, 9.17) is 4.74 Å². The summed E-state index contributed by atoms with van der Waals surface area (Å²) in [5.74, 6) is 0. The van der Waals surface area contributed by atoms with E-state index in [-0.39, 0.29) is 12.1 Å². The number of rotatable bonds is 3. The summed E-state index contributed by atoms with van der Waals surface area (Å²) >= 11 is 0. The zero-order valence-corrected chi connectivity index (χ0v) is 8.73. The molecule has 0 unspecified atom stereocenters. The van der Waals surface area contributed by atoms with Crippen molar-refractivity contribution in [1.82, 2.24) is 10.0 Å². The van der Waals surface area contributed by atoms with Gasteiger partial charge in [-0.25, -0.2) is 13.1 Å². The van der Waals surface area contributed by atoms with Crippen LogP contribution in [0.15, 0.2) is 0 Å². The summed E-state index contributed by atoms with van der Waals surface area (Å²) in [6.07, 6.45) is 1.87. The maximum absolute atomic E-state index is 11.0. The van der Waals surface area contributed by atoms with Crippen LogP contribution < -0.4 is 10.0 Å². The van der Waals surface area contributed by atoms with E-state index in [1.807, 2.05) is 0 Å². The van der Waals surface area contributed by atoms with Crippen molar-refractivity contribution in [3.63, 3.8) is 0 Å². The lowest BCUT2D eigenvalue weighted by Crippen LogP contribution is -2.53. The molecule has 2 atom stereocenters. The Morgan fingerprint density at radius 3 is 2.77 bits per heavy atom. The second-order valence-corrected chi connectivity index (χ2v) is 5.04. The molecule has 1 saturated heterocycles. The van der Waals surface area contributed by atoms with Gasteiger partial charge in [0.2, 0.25) is 10.0 Å². The van der Waals surface area contributed by atoms with Crippen LogP contribution in [-0.2, 0) is 14.8 Å². The van der Waals surface area contributed by atoms with Crippen molar-refractivity contribution >= 4 is 10.0 Å². The van der Waals surface area contributed by atoms with Gasteiger partial charge in [-0.2, -0.15) is 0 Å². The Bertz CT molecular complexity index is 252. The fourth-order valence-corrected chi connectivity index (χ4v) is 2.31. The van der Waals surface area contributed by atoms with E-state index in [1.165, 1.54) is 6.26 Å². The molecule has 0 saturated carbocycles. The highest BCUT2D eigenvalue weighted by molar-refractivity contribution is 7.88. The van der Waals surface area contributed by atoms with E-state index in [0.717, 1.165) is 13.0 Å². The zero-order chi connectivity index (χ0) is 9.90. The molecule has 0 spiro atoms. The standard InChI is InChI=1S/C7H16N2O3S/c1-12-7-5-8-4-3-6(7)9-13(2,10)11/h6-9H,3-5H2,1-2H3/t6-,7+/m1/s1. The Morgan fingerprint density at radius 1 is 1.54 bits per heavy atom. The normalized spacial score (nSPS) is 30.3. The zero-order valence-electron chi connectivity index (χ0n) is 7.91. The van der Waals surface area contributed by atoms with Crippen LogP contribution in [0.3, 0.4) is 0 Å². The molecule has 13 heavy (non-hydrogen) atoms. The number of nitrogens with one attached hydrogen (secondary N) is 2. The number of methoxy groups -OCH3 is 1. The van der Waals surface area contributed by atoms with E-state index in [2.05, 4.69) is 10.0 Å². The highest BCUT2D eigenvalue weighted by atomic mass is 32.2. The summed E-state index contributed by atoms with van der Waals surface area (Å²) in [6.45, 7) is 1.52. The molecule has 0 aromatic rings. The van der Waals surface area contributed by atoms with E-state index < -0.39 is 10.0 Å². The van der Waals surface area contributed by atoms with E-state index in [1.54, 1.807) is 7.11 Å². The minimum absolute atomic E-state index is 0.0662. The second-order valence-electron chi connectivity index (χ2n) is 3.26. The quantitative estimate of drug-likeness (QED) is 0.618. The first kappa shape index (κ1) is 10.9. The van der Waals surface area contributed by atoms with Crippen LogP contribution in [0.1, 0.15) is 6.42 Å². The molecular weight excluding hydrogens is 192 g/mol. The Labute approximate surface area is 78.9 Å². The summed E-state index contributed by atoms with van der Waals surface area (Å²) in [6, 6.07) is -0.0961. The van der Waals surface area contributed by atoms with Gasteiger partial charge in [0.15, 0.2) is 0 Å². The molecule has 1 fully saturated rings. The van der Waals surface area contributed by atoms with E-state index in [9.17, 15) is 8.42 Å². The summed E-state index contributed by atoms with van der Waals surface area (Å²) in [7, 11) is -1.53. The molecule has 0 radical (unpaired) electrons. The van der Waals surface area contributed by atoms with Crippen LogP contribution in [0.4, 0.5) is 0 Å². The third kappa shape index (κ3) is 3.60. The third-order valence-corrected chi connectivity index (χ3v) is 2.83. The lowest BCUT2D eigenvalue weighted by molar-refractivity contribution is 0.0594. The minimum atomic E-state index is -3.12. The fraction of sp³-hybridized carbons (Fsp3) is 1.00. The summed E-state index contributed by atoms with van der Waals surface area (Å²) in [4.78, 5) is 0. The topological polar surface area (TPSA) is 67.4 Å². The van der Waals surface area contributed by atoms with Gasteiger partial charge in [-0.3, -0.25) is 0 Å². The van der Waals surface area contributed by atoms with E-state index >= 15 is 0 Å². The van der Waals surface area contributed by atoms with Gasteiger partial charge in [0.05, 0.1) is 18.4 Å². The minimum Gasteiger partial charge on any atom is -0.378 e. The van der Waals surface area contributed by atoms with Crippen molar-refractivity contribution < 1.29 is 13.2 Å². The molecule has 78 valence electrons. The summed E-state index contributed by atoms with van der Waals surface area (Å²) in [5, 5.41) is 3.14. The average Bonchev–Trinajstić information content (AvgIpc) is 2.02. The predicted molar refractivity (Wildman–Crippen MR) is 50.1 cm³/mol. The molecule has 1 aliphatic heterocycles. The van der Waals surface area contributed by atoms with Gasteiger partial charge in [0.25, 0.3) is 0 Å². The van der Waals surface area contributed by atoms with Gasteiger partial charge < -0.3 is 10.1 Å². The molecule has 0 aromatic heterocycles. The molecular formula is C7H16N2O3S. The number of ether oxygens (including phenoxy) is 1. The molecule has 0 aromatic carbocycles. The number of sulfonamides is 1. The smallest absolute Gasteiger partial charge is 0.209 e. The third-order valence-electron chi connectivity index (χ3n) is 2.09. The Kier molecular flexibility index (Phi) is 3.66. The van der Waals surface area contributed by atoms with Gasteiger partial charge in [0, 0.05) is 13.7 Å². The number of piperidine rings is 1. The molecule has 1 heterocycles. The average molecular weight is 208 g/mol. The molecule has 1 aliphatic rings. The largest absolute Gasteiger partial charge is 0.378 e. The molecule has 1 rings (SSSR count).